The van der Waals surface area contributed by atoms with Gasteiger partial charge in [0.05, 0.1) is 12.8 Å². The summed E-state index contributed by atoms with van der Waals surface area (Å²) in [5, 5.41) is 5.76. The number of halogens is 2. The minimum absolute atomic E-state index is 0.00207. The van der Waals surface area contributed by atoms with Crippen molar-refractivity contribution in [2.24, 2.45) is 0 Å². The van der Waals surface area contributed by atoms with E-state index in [1.165, 1.54) is 0 Å². The van der Waals surface area contributed by atoms with Gasteiger partial charge in [0.15, 0.2) is 5.11 Å². The third-order valence-corrected chi connectivity index (χ3v) is 3.04. The maximum atomic E-state index is 13.4. The topological polar surface area (TPSA) is 33.3 Å². The second-order valence-corrected chi connectivity index (χ2v) is 4.69. The van der Waals surface area contributed by atoms with E-state index in [0.717, 1.165) is 29.5 Å². The lowest BCUT2D eigenvalue weighted by Gasteiger charge is -2.11. The minimum atomic E-state index is -0.565. The minimum Gasteiger partial charge on any atom is -0.497 e. The van der Waals surface area contributed by atoms with Crippen LogP contribution in [0.1, 0.15) is 5.56 Å². The Kier molecular flexibility index (Phi) is 5.05. The number of methoxy groups -OCH3 is 1. The fourth-order valence-electron chi connectivity index (χ4n) is 1.69. The van der Waals surface area contributed by atoms with Crippen molar-refractivity contribution in [1.29, 1.82) is 0 Å². The molecule has 0 heterocycles. The third-order valence-electron chi connectivity index (χ3n) is 2.79. The number of benzene rings is 2. The van der Waals surface area contributed by atoms with Crippen LogP contribution in [-0.4, -0.2) is 12.2 Å². The number of thiocarbonyl (C=S) groups is 1. The molecule has 0 aliphatic rings. The Hall–Kier alpha value is -2.21. The van der Waals surface area contributed by atoms with Crippen molar-refractivity contribution in [2.45, 2.75) is 6.54 Å². The van der Waals surface area contributed by atoms with Gasteiger partial charge in [0, 0.05) is 12.6 Å². The first-order chi connectivity index (χ1) is 10.1. The van der Waals surface area contributed by atoms with Crippen LogP contribution < -0.4 is 15.4 Å². The summed E-state index contributed by atoms with van der Waals surface area (Å²) >= 11 is 5.05. The molecule has 0 saturated heterocycles. The quantitative estimate of drug-likeness (QED) is 0.848. The average molecular weight is 308 g/mol. The lowest BCUT2D eigenvalue weighted by atomic mass is 10.2. The van der Waals surface area contributed by atoms with E-state index >= 15 is 0 Å². The normalized spacial score (nSPS) is 10.0. The summed E-state index contributed by atoms with van der Waals surface area (Å²) in [7, 11) is 1.60. The third kappa shape index (κ3) is 4.39. The van der Waals surface area contributed by atoms with Crippen LogP contribution in [0.3, 0.4) is 0 Å². The summed E-state index contributed by atoms with van der Waals surface area (Å²) in [6.45, 7) is 0.465. The van der Waals surface area contributed by atoms with Crippen LogP contribution >= 0.6 is 12.2 Å². The molecule has 0 aromatic heterocycles. The van der Waals surface area contributed by atoms with Crippen LogP contribution in [0, 0.1) is 11.6 Å². The molecule has 2 aromatic carbocycles. The Morgan fingerprint density at radius 2 is 1.86 bits per heavy atom. The second-order valence-electron chi connectivity index (χ2n) is 4.28. The molecule has 2 aromatic rings. The fourth-order valence-corrected chi connectivity index (χ4v) is 1.87. The van der Waals surface area contributed by atoms with Crippen LogP contribution in [0.5, 0.6) is 5.75 Å². The van der Waals surface area contributed by atoms with Gasteiger partial charge in [-0.2, -0.15) is 0 Å². The summed E-state index contributed by atoms with van der Waals surface area (Å²) in [5.41, 5.74) is 0.988. The predicted octanol–water partition coefficient (Wildman–Crippen LogP) is 3.46. The molecule has 0 radical (unpaired) electrons. The highest BCUT2D eigenvalue weighted by molar-refractivity contribution is 7.80. The monoisotopic (exact) mass is 308 g/mol. The van der Waals surface area contributed by atoms with Crippen LogP contribution in [0.15, 0.2) is 42.5 Å². The lowest BCUT2D eigenvalue weighted by molar-refractivity contribution is 0.414. The van der Waals surface area contributed by atoms with Crippen molar-refractivity contribution < 1.29 is 13.5 Å². The van der Waals surface area contributed by atoms with Crippen molar-refractivity contribution in [3.63, 3.8) is 0 Å². The van der Waals surface area contributed by atoms with Crippen LogP contribution in [0.25, 0.3) is 0 Å². The van der Waals surface area contributed by atoms with Crippen LogP contribution in [0.2, 0.25) is 0 Å². The molecular formula is C15H14F2N2OS. The maximum Gasteiger partial charge on any atom is 0.171 e. The van der Waals surface area contributed by atoms with Gasteiger partial charge >= 0.3 is 0 Å². The zero-order valence-corrected chi connectivity index (χ0v) is 12.1. The smallest absolute Gasteiger partial charge is 0.171 e. The molecule has 0 fully saturated rings. The molecule has 110 valence electrons. The van der Waals surface area contributed by atoms with E-state index in [2.05, 4.69) is 10.6 Å². The van der Waals surface area contributed by atoms with Crippen molar-refractivity contribution in [2.75, 3.05) is 12.4 Å². The second kappa shape index (κ2) is 6.99. The first-order valence-corrected chi connectivity index (χ1v) is 6.62. The molecule has 0 spiro atoms. The molecule has 0 saturated carbocycles. The molecule has 0 unspecified atom stereocenters. The predicted molar refractivity (Wildman–Crippen MR) is 82.4 cm³/mol. The van der Waals surface area contributed by atoms with Gasteiger partial charge < -0.3 is 15.4 Å². The van der Waals surface area contributed by atoms with E-state index in [0.29, 0.717) is 6.54 Å². The first kappa shape index (κ1) is 15.2. The van der Waals surface area contributed by atoms with Gasteiger partial charge in [0.25, 0.3) is 0 Å². The zero-order valence-electron chi connectivity index (χ0n) is 11.3. The van der Waals surface area contributed by atoms with E-state index in [-0.39, 0.29) is 10.8 Å². The molecule has 0 aliphatic heterocycles. The van der Waals surface area contributed by atoms with Gasteiger partial charge in [-0.05, 0) is 42.0 Å². The average Bonchev–Trinajstić information content (AvgIpc) is 2.49. The van der Waals surface area contributed by atoms with E-state index in [1.54, 1.807) is 7.11 Å². The molecule has 2 rings (SSSR count). The lowest BCUT2D eigenvalue weighted by Crippen LogP contribution is -2.28. The summed E-state index contributed by atoms with van der Waals surface area (Å²) in [4.78, 5) is 0. The van der Waals surface area contributed by atoms with Gasteiger partial charge in [0.1, 0.15) is 17.4 Å². The summed E-state index contributed by atoms with van der Waals surface area (Å²) in [6, 6.07) is 10.6. The molecule has 0 aliphatic carbocycles. The van der Waals surface area contributed by atoms with Gasteiger partial charge in [0.2, 0.25) is 0 Å². The standard InChI is InChI=1S/C15H14F2N2OS/c1-20-12-5-2-10(3-6-12)9-18-15(21)19-14-8-11(16)4-7-13(14)17/h2-8H,9H2,1H3,(H2,18,19,21). The summed E-state index contributed by atoms with van der Waals surface area (Å²) in [6.07, 6.45) is 0. The summed E-state index contributed by atoms with van der Waals surface area (Å²) < 4.78 is 31.5. The molecule has 0 atom stereocenters. The molecular weight excluding hydrogens is 294 g/mol. The molecule has 0 bridgehead atoms. The van der Waals surface area contributed by atoms with Crippen LogP contribution in [-0.2, 0) is 6.54 Å². The number of anilines is 1. The number of hydrogen-bond donors (Lipinski definition) is 2. The van der Waals surface area contributed by atoms with E-state index in [1.807, 2.05) is 24.3 Å². The van der Waals surface area contributed by atoms with Crippen molar-refractivity contribution >= 4 is 23.0 Å². The summed E-state index contributed by atoms with van der Waals surface area (Å²) in [5.74, 6) is -0.330. The van der Waals surface area contributed by atoms with Crippen LogP contribution in [0.4, 0.5) is 14.5 Å². The largest absolute Gasteiger partial charge is 0.497 e. The Morgan fingerprint density at radius 1 is 1.14 bits per heavy atom. The number of ether oxygens (including phenoxy) is 1. The molecule has 21 heavy (non-hydrogen) atoms. The van der Waals surface area contributed by atoms with Gasteiger partial charge in [-0.3, -0.25) is 0 Å². The van der Waals surface area contributed by atoms with E-state index in [4.69, 9.17) is 17.0 Å². The molecule has 6 heteroatoms. The highest BCUT2D eigenvalue weighted by atomic mass is 32.1. The maximum absolute atomic E-state index is 13.4. The number of hydrogen-bond acceptors (Lipinski definition) is 2. The van der Waals surface area contributed by atoms with Crippen molar-refractivity contribution in [3.8, 4) is 5.75 Å². The Labute approximate surface area is 126 Å². The molecule has 2 N–H and O–H groups in total. The molecule has 3 nitrogen and oxygen atoms in total. The van der Waals surface area contributed by atoms with E-state index in [9.17, 15) is 8.78 Å². The number of rotatable bonds is 4. The zero-order chi connectivity index (χ0) is 15.2. The first-order valence-electron chi connectivity index (χ1n) is 6.21. The van der Waals surface area contributed by atoms with Gasteiger partial charge in [-0.1, -0.05) is 12.1 Å². The van der Waals surface area contributed by atoms with Gasteiger partial charge in [-0.15, -0.1) is 0 Å². The Balaban J connectivity index is 1.91. The van der Waals surface area contributed by atoms with Crippen molar-refractivity contribution in [1.82, 2.24) is 5.32 Å². The highest BCUT2D eigenvalue weighted by Gasteiger charge is 2.05. The SMILES string of the molecule is COc1ccc(CNC(=S)Nc2cc(F)ccc2F)cc1. The Bertz CT molecular complexity index is 632. The highest BCUT2D eigenvalue weighted by Crippen LogP contribution is 2.15. The Morgan fingerprint density at radius 3 is 2.52 bits per heavy atom. The number of nitrogens with one attached hydrogen (secondary N) is 2. The van der Waals surface area contributed by atoms with E-state index < -0.39 is 11.6 Å². The fraction of sp³-hybridized carbons (Fsp3) is 0.133. The van der Waals surface area contributed by atoms with Gasteiger partial charge in [-0.25, -0.2) is 8.78 Å². The molecule has 0 amide bonds. The van der Waals surface area contributed by atoms with Crippen molar-refractivity contribution in [3.05, 3.63) is 59.7 Å².